The molecule has 2 N–H and O–H groups in total. The van der Waals surface area contributed by atoms with Crippen molar-refractivity contribution in [2.75, 3.05) is 6.54 Å². The van der Waals surface area contributed by atoms with E-state index in [2.05, 4.69) is 0 Å². The lowest BCUT2D eigenvalue weighted by molar-refractivity contribution is -0.134. The van der Waals surface area contributed by atoms with Crippen LogP contribution in [0.2, 0.25) is 0 Å². The van der Waals surface area contributed by atoms with E-state index in [0.29, 0.717) is 6.04 Å². The molecule has 3 nitrogen and oxygen atoms in total. The molecular weight excluding hydrogens is 164 g/mol. The van der Waals surface area contributed by atoms with Crippen LogP contribution in [0, 0.1) is 5.92 Å². The Kier molecular flexibility index (Phi) is 2.28. The van der Waals surface area contributed by atoms with Gasteiger partial charge in [0.05, 0.1) is 6.04 Å². The van der Waals surface area contributed by atoms with Crippen molar-refractivity contribution in [2.24, 2.45) is 11.7 Å². The Balaban J connectivity index is 1.98. The molecule has 0 radical (unpaired) electrons. The normalized spacial score (nSPS) is 33.8. The van der Waals surface area contributed by atoms with Gasteiger partial charge < -0.3 is 10.6 Å². The number of fused-ring (bicyclic) bond motifs is 2. The topological polar surface area (TPSA) is 46.3 Å². The van der Waals surface area contributed by atoms with E-state index in [0.717, 1.165) is 18.9 Å². The van der Waals surface area contributed by atoms with E-state index in [1.165, 1.54) is 19.3 Å². The number of hydrogen-bond acceptors (Lipinski definition) is 2. The first-order chi connectivity index (χ1) is 6.22. The van der Waals surface area contributed by atoms with Crippen LogP contribution in [0.5, 0.6) is 0 Å². The predicted octanol–water partition coefficient (Wildman–Crippen LogP) is 0.735. The summed E-state index contributed by atoms with van der Waals surface area (Å²) in [6, 6.07) is 0.259. The molecule has 2 unspecified atom stereocenters. The van der Waals surface area contributed by atoms with Gasteiger partial charge in [0.15, 0.2) is 0 Å². The van der Waals surface area contributed by atoms with Crippen LogP contribution in [0.3, 0.4) is 0 Å². The molecule has 0 aromatic heterocycles. The maximum Gasteiger partial charge on any atom is 0.239 e. The van der Waals surface area contributed by atoms with Gasteiger partial charge in [-0.2, -0.15) is 0 Å². The number of likely N-dealkylation sites (tertiary alicyclic amines) is 1. The smallest absolute Gasteiger partial charge is 0.239 e. The van der Waals surface area contributed by atoms with E-state index in [4.69, 9.17) is 5.73 Å². The van der Waals surface area contributed by atoms with Crippen molar-refractivity contribution >= 4 is 5.91 Å². The van der Waals surface area contributed by atoms with Crippen LogP contribution in [0.15, 0.2) is 0 Å². The molecule has 0 aromatic carbocycles. The molecule has 1 aliphatic heterocycles. The Morgan fingerprint density at radius 3 is 2.85 bits per heavy atom. The van der Waals surface area contributed by atoms with Crippen LogP contribution in [0.25, 0.3) is 0 Å². The zero-order valence-corrected chi connectivity index (χ0v) is 8.20. The van der Waals surface area contributed by atoms with Gasteiger partial charge in [-0.3, -0.25) is 4.79 Å². The lowest BCUT2D eigenvalue weighted by Gasteiger charge is -2.29. The van der Waals surface area contributed by atoms with E-state index in [-0.39, 0.29) is 11.9 Å². The molecule has 13 heavy (non-hydrogen) atoms. The monoisotopic (exact) mass is 182 g/mol. The van der Waals surface area contributed by atoms with Crippen LogP contribution in [-0.4, -0.2) is 29.4 Å². The summed E-state index contributed by atoms with van der Waals surface area (Å²) in [5.74, 6) is 0.952. The molecule has 2 rings (SSSR count). The first kappa shape index (κ1) is 9.00. The molecule has 1 heterocycles. The Labute approximate surface area is 79.3 Å². The largest absolute Gasteiger partial charge is 0.338 e. The quantitative estimate of drug-likeness (QED) is 0.684. The zero-order chi connectivity index (χ0) is 9.42. The van der Waals surface area contributed by atoms with Gasteiger partial charge in [-0.1, -0.05) is 6.92 Å². The average Bonchev–Trinajstić information content (AvgIpc) is 2.76. The number of carbonyl (C=O) groups is 1. The molecule has 3 atom stereocenters. The van der Waals surface area contributed by atoms with Crippen molar-refractivity contribution in [1.29, 1.82) is 0 Å². The van der Waals surface area contributed by atoms with E-state index in [9.17, 15) is 4.79 Å². The first-order valence-electron chi connectivity index (χ1n) is 5.28. The Bertz CT molecular complexity index is 217. The minimum absolute atomic E-state index is 0.176. The van der Waals surface area contributed by atoms with Gasteiger partial charge in [0.2, 0.25) is 5.91 Å². The highest BCUT2D eigenvalue weighted by Crippen LogP contribution is 2.37. The third kappa shape index (κ3) is 1.46. The summed E-state index contributed by atoms with van der Waals surface area (Å²) in [4.78, 5) is 13.8. The Morgan fingerprint density at radius 1 is 1.62 bits per heavy atom. The fourth-order valence-corrected chi connectivity index (χ4v) is 2.58. The second kappa shape index (κ2) is 3.29. The minimum Gasteiger partial charge on any atom is -0.338 e. The molecule has 1 amide bonds. The highest BCUT2D eigenvalue weighted by Gasteiger charge is 2.40. The highest BCUT2D eigenvalue weighted by atomic mass is 16.2. The van der Waals surface area contributed by atoms with Crippen molar-refractivity contribution in [3.8, 4) is 0 Å². The molecular formula is C10H18N2O. The van der Waals surface area contributed by atoms with Gasteiger partial charge in [0.1, 0.15) is 0 Å². The SMILES string of the molecule is CC[C@H](N)C(=O)N1CC2CCC1C2. The zero-order valence-electron chi connectivity index (χ0n) is 8.20. The Morgan fingerprint density at radius 2 is 2.38 bits per heavy atom. The van der Waals surface area contributed by atoms with Crippen LogP contribution < -0.4 is 5.73 Å². The maximum absolute atomic E-state index is 11.8. The summed E-state index contributed by atoms with van der Waals surface area (Å²) in [5, 5.41) is 0. The fourth-order valence-electron chi connectivity index (χ4n) is 2.58. The van der Waals surface area contributed by atoms with E-state index < -0.39 is 0 Å². The third-order valence-corrected chi connectivity index (χ3v) is 3.45. The minimum atomic E-state index is -0.264. The van der Waals surface area contributed by atoms with Crippen molar-refractivity contribution in [1.82, 2.24) is 4.90 Å². The van der Waals surface area contributed by atoms with Crippen LogP contribution in [-0.2, 0) is 4.79 Å². The van der Waals surface area contributed by atoms with Gasteiger partial charge in [-0.05, 0) is 31.6 Å². The summed E-state index contributed by atoms with van der Waals surface area (Å²) in [5.41, 5.74) is 5.74. The second-order valence-corrected chi connectivity index (χ2v) is 4.34. The van der Waals surface area contributed by atoms with Gasteiger partial charge in [-0.15, -0.1) is 0 Å². The highest BCUT2D eigenvalue weighted by molar-refractivity contribution is 5.82. The first-order valence-corrected chi connectivity index (χ1v) is 5.28. The van der Waals surface area contributed by atoms with Crippen molar-refractivity contribution in [3.63, 3.8) is 0 Å². The Hall–Kier alpha value is -0.570. The number of hydrogen-bond donors (Lipinski definition) is 1. The molecule has 1 saturated heterocycles. The van der Waals surface area contributed by atoms with Gasteiger partial charge in [-0.25, -0.2) is 0 Å². The van der Waals surface area contributed by atoms with E-state index in [1.807, 2.05) is 11.8 Å². The maximum atomic E-state index is 11.8. The van der Waals surface area contributed by atoms with Gasteiger partial charge in [0, 0.05) is 12.6 Å². The predicted molar refractivity (Wildman–Crippen MR) is 51.1 cm³/mol. The number of amides is 1. The summed E-state index contributed by atoms with van der Waals surface area (Å²) >= 11 is 0. The molecule has 2 aliphatic rings. The lowest BCUT2D eigenvalue weighted by atomic mass is 10.1. The average molecular weight is 182 g/mol. The van der Waals surface area contributed by atoms with E-state index in [1.54, 1.807) is 0 Å². The van der Waals surface area contributed by atoms with Crippen molar-refractivity contribution in [3.05, 3.63) is 0 Å². The molecule has 0 spiro atoms. The second-order valence-electron chi connectivity index (χ2n) is 4.34. The molecule has 2 bridgehead atoms. The number of carbonyl (C=O) groups excluding carboxylic acids is 1. The lowest BCUT2D eigenvalue weighted by Crippen LogP contribution is -2.46. The molecule has 2 fully saturated rings. The summed E-state index contributed by atoms with van der Waals surface area (Å²) in [6.07, 6.45) is 4.50. The van der Waals surface area contributed by atoms with Crippen molar-refractivity contribution in [2.45, 2.75) is 44.7 Å². The number of nitrogens with zero attached hydrogens (tertiary/aromatic N) is 1. The van der Waals surface area contributed by atoms with Gasteiger partial charge >= 0.3 is 0 Å². The summed E-state index contributed by atoms with van der Waals surface area (Å²) in [6.45, 7) is 2.94. The molecule has 0 aromatic rings. The molecule has 3 heteroatoms. The molecule has 1 aliphatic carbocycles. The van der Waals surface area contributed by atoms with Crippen LogP contribution in [0.4, 0.5) is 0 Å². The van der Waals surface area contributed by atoms with Crippen LogP contribution in [0.1, 0.15) is 32.6 Å². The fraction of sp³-hybridized carbons (Fsp3) is 0.900. The molecule has 74 valence electrons. The summed E-state index contributed by atoms with van der Waals surface area (Å²) in [7, 11) is 0. The van der Waals surface area contributed by atoms with Crippen molar-refractivity contribution < 1.29 is 4.79 Å². The summed E-state index contributed by atoms with van der Waals surface area (Å²) < 4.78 is 0. The third-order valence-electron chi connectivity index (χ3n) is 3.45. The number of piperidine rings is 1. The standard InChI is InChI=1S/C10H18N2O/c1-2-9(11)10(13)12-6-7-3-4-8(12)5-7/h7-9H,2-6,11H2,1H3/t7?,8?,9-/m0/s1. The van der Waals surface area contributed by atoms with Crippen LogP contribution >= 0.6 is 0 Å². The molecule has 1 saturated carbocycles. The number of rotatable bonds is 2. The van der Waals surface area contributed by atoms with E-state index >= 15 is 0 Å². The number of nitrogens with two attached hydrogens (primary N) is 1. The van der Waals surface area contributed by atoms with Gasteiger partial charge in [0.25, 0.3) is 0 Å².